The minimum absolute atomic E-state index is 0.298. The zero-order valence-electron chi connectivity index (χ0n) is 13.3. The molecule has 0 saturated heterocycles. The van der Waals surface area contributed by atoms with Crippen LogP contribution in [0.3, 0.4) is 0 Å². The lowest BCUT2D eigenvalue weighted by atomic mass is 10.1. The summed E-state index contributed by atoms with van der Waals surface area (Å²) in [7, 11) is 0. The highest BCUT2D eigenvalue weighted by Crippen LogP contribution is 2.27. The van der Waals surface area contributed by atoms with Crippen LogP contribution in [0.1, 0.15) is 11.1 Å². The highest BCUT2D eigenvalue weighted by atomic mass is 16.5. The molecule has 0 bridgehead atoms. The van der Waals surface area contributed by atoms with Gasteiger partial charge in [-0.15, -0.1) is 6.58 Å². The number of aliphatic hydroxyl groups is 1. The Balaban J connectivity index is 1.57. The number of hydrogen-bond acceptors (Lipinski definition) is 3. The number of rotatable bonds is 7. The quantitative estimate of drug-likeness (QED) is 0.797. The predicted octanol–water partition coefficient (Wildman–Crippen LogP) is 3.22. The maximum absolute atomic E-state index is 10.3. The van der Waals surface area contributed by atoms with Crippen LogP contribution in [0.4, 0.5) is 5.69 Å². The number of β-amino-alcohol motifs (C(OH)–C–C–N with tert-alkyl or cyclic N) is 1. The Kier molecular flexibility index (Phi) is 4.99. The summed E-state index contributed by atoms with van der Waals surface area (Å²) in [6, 6.07) is 16.3. The van der Waals surface area contributed by atoms with Crippen molar-refractivity contribution in [2.75, 3.05) is 24.6 Å². The Bertz CT molecular complexity index is 668. The van der Waals surface area contributed by atoms with Gasteiger partial charge >= 0.3 is 0 Å². The molecule has 0 aliphatic carbocycles. The van der Waals surface area contributed by atoms with E-state index in [0.29, 0.717) is 13.2 Å². The highest BCUT2D eigenvalue weighted by Gasteiger charge is 2.21. The molecule has 0 radical (unpaired) electrons. The Hall–Kier alpha value is -2.26. The fraction of sp³-hybridized carbons (Fsp3) is 0.300. The zero-order chi connectivity index (χ0) is 16.1. The number of para-hydroxylation sites is 2. The normalized spacial score (nSPS) is 14.4. The molecular formula is C20H23NO2. The lowest BCUT2D eigenvalue weighted by molar-refractivity contribution is 0.112. The van der Waals surface area contributed by atoms with Crippen molar-refractivity contribution in [3.05, 3.63) is 72.3 Å². The highest BCUT2D eigenvalue weighted by molar-refractivity contribution is 5.57. The first-order chi connectivity index (χ1) is 11.3. The average molecular weight is 309 g/mol. The lowest BCUT2D eigenvalue weighted by Crippen LogP contribution is -2.34. The third-order valence-corrected chi connectivity index (χ3v) is 4.18. The first-order valence-corrected chi connectivity index (χ1v) is 8.10. The molecule has 1 aliphatic heterocycles. The van der Waals surface area contributed by atoms with Gasteiger partial charge in [0.2, 0.25) is 0 Å². The molecule has 0 saturated carbocycles. The van der Waals surface area contributed by atoms with Crippen molar-refractivity contribution < 1.29 is 9.84 Å². The third-order valence-electron chi connectivity index (χ3n) is 4.18. The van der Waals surface area contributed by atoms with Crippen molar-refractivity contribution >= 4 is 5.69 Å². The number of fused-ring (bicyclic) bond motifs is 1. The molecule has 1 aliphatic rings. The van der Waals surface area contributed by atoms with Crippen molar-refractivity contribution in [1.82, 2.24) is 0 Å². The Labute approximate surface area is 137 Å². The maximum atomic E-state index is 10.3. The van der Waals surface area contributed by atoms with Gasteiger partial charge in [0.15, 0.2) is 0 Å². The van der Waals surface area contributed by atoms with Crippen LogP contribution in [-0.4, -0.2) is 30.9 Å². The first-order valence-electron chi connectivity index (χ1n) is 8.10. The van der Waals surface area contributed by atoms with Gasteiger partial charge in [0, 0.05) is 18.8 Å². The molecule has 0 aromatic heterocycles. The molecule has 1 unspecified atom stereocenters. The average Bonchev–Trinajstić information content (AvgIpc) is 2.98. The third kappa shape index (κ3) is 3.74. The monoisotopic (exact) mass is 309 g/mol. The van der Waals surface area contributed by atoms with Crippen LogP contribution in [0.15, 0.2) is 61.2 Å². The summed E-state index contributed by atoms with van der Waals surface area (Å²) < 4.78 is 5.83. The summed E-state index contributed by atoms with van der Waals surface area (Å²) in [4.78, 5) is 2.24. The lowest BCUT2D eigenvalue weighted by Gasteiger charge is -2.23. The van der Waals surface area contributed by atoms with Gasteiger partial charge in [-0.25, -0.2) is 0 Å². The molecule has 0 fully saturated rings. The Morgan fingerprint density at radius 1 is 1.17 bits per heavy atom. The predicted molar refractivity (Wildman–Crippen MR) is 94.2 cm³/mol. The van der Waals surface area contributed by atoms with Crippen LogP contribution in [-0.2, 0) is 12.8 Å². The Morgan fingerprint density at radius 2 is 1.96 bits per heavy atom. The standard InChI is InChI=1S/C20H23NO2/c1-2-7-17-9-4-6-11-20(17)23-15-18(22)14-21-13-12-16-8-3-5-10-19(16)21/h2-6,8-11,18,22H,1,7,12-15H2. The van der Waals surface area contributed by atoms with E-state index in [1.807, 2.05) is 36.4 Å². The van der Waals surface area contributed by atoms with E-state index in [9.17, 15) is 5.11 Å². The molecule has 120 valence electrons. The molecule has 3 heteroatoms. The number of benzene rings is 2. The fourth-order valence-corrected chi connectivity index (χ4v) is 3.06. The number of hydrogen-bond donors (Lipinski definition) is 1. The van der Waals surface area contributed by atoms with Gasteiger partial charge in [-0.2, -0.15) is 0 Å². The summed E-state index contributed by atoms with van der Waals surface area (Å²) in [6.45, 7) is 5.63. The molecule has 2 aromatic carbocycles. The van der Waals surface area contributed by atoms with Gasteiger partial charge in [0.05, 0.1) is 0 Å². The van der Waals surface area contributed by atoms with Crippen molar-refractivity contribution in [2.45, 2.75) is 18.9 Å². The molecule has 1 heterocycles. The molecule has 0 amide bonds. The smallest absolute Gasteiger partial charge is 0.122 e. The summed E-state index contributed by atoms with van der Waals surface area (Å²) in [5, 5.41) is 10.3. The minimum Gasteiger partial charge on any atom is -0.491 e. The van der Waals surface area contributed by atoms with Crippen LogP contribution < -0.4 is 9.64 Å². The molecule has 3 nitrogen and oxygen atoms in total. The van der Waals surface area contributed by atoms with E-state index in [-0.39, 0.29) is 0 Å². The molecule has 1 N–H and O–H groups in total. The molecule has 0 spiro atoms. The summed E-state index contributed by atoms with van der Waals surface area (Å²) >= 11 is 0. The van der Waals surface area contributed by atoms with E-state index in [2.05, 4.69) is 29.7 Å². The van der Waals surface area contributed by atoms with E-state index in [1.165, 1.54) is 11.3 Å². The van der Waals surface area contributed by atoms with Crippen LogP contribution in [0.25, 0.3) is 0 Å². The van der Waals surface area contributed by atoms with Crippen LogP contribution >= 0.6 is 0 Å². The van der Waals surface area contributed by atoms with Gasteiger partial charge in [-0.05, 0) is 36.1 Å². The van der Waals surface area contributed by atoms with Gasteiger partial charge in [-0.1, -0.05) is 42.5 Å². The van der Waals surface area contributed by atoms with Crippen LogP contribution in [0, 0.1) is 0 Å². The summed E-state index contributed by atoms with van der Waals surface area (Å²) in [6.07, 6.45) is 3.16. The van der Waals surface area contributed by atoms with Gasteiger partial charge in [0.25, 0.3) is 0 Å². The van der Waals surface area contributed by atoms with E-state index in [0.717, 1.165) is 30.7 Å². The maximum Gasteiger partial charge on any atom is 0.122 e. The van der Waals surface area contributed by atoms with Crippen LogP contribution in [0.5, 0.6) is 5.75 Å². The minimum atomic E-state index is -0.516. The number of aliphatic hydroxyl groups excluding tert-OH is 1. The molecular weight excluding hydrogens is 286 g/mol. The summed E-state index contributed by atoms with van der Waals surface area (Å²) in [5.41, 5.74) is 3.69. The van der Waals surface area contributed by atoms with E-state index >= 15 is 0 Å². The number of ether oxygens (including phenoxy) is 1. The second-order valence-electron chi connectivity index (χ2n) is 5.89. The van der Waals surface area contributed by atoms with Gasteiger partial charge < -0.3 is 14.7 Å². The fourth-order valence-electron chi connectivity index (χ4n) is 3.06. The topological polar surface area (TPSA) is 32.7 Å². The van der Waals surface area contributed by atoms with Crippen LogP contribution in [0.2, 0.25) is 0 Å². The largest absolute Gasteiger partial charge is 0.491 e. The Morgan fingerprint density at radius 3 is 2.83 bits per heavy atom. The molecule has 3 rings (SSSR count). The second-order valence-corrected chi connectivity index (χ2v) is 5.89. The number of nitrogens with zero attached hydrogens (tertiary/aromatic N) is 1. The van der Waals surface area contributed by atoms with Crippen molar-refractivity contribution in [3.63, 3.8) is 0 Å². The zero-order valence-corrected chi connectivity index (χ0v) is 13.3. The van der Waals surface area contributed by atoms with Crippen molar-refractivity contribution in [3.8, 4) is 5.75 Å². The second kappa shape index (κ2) is 7.34. The molecule has 2 aromatic rings. The van der Waals surface area contributed by atoms with E-state index in [1.54, 1.807) is 0 Å². The molecule has 1 atom stereocenters. The van der Waals surface area contributed by atoms with Crippen molar-refractivity contribution in [2.24, 2.45) is 0 Å². The van der Waals surface area contributed by atoms with E-state index in [4.69, 9.17) is 4.74 Å². The van der Waals surface area contributed by atoms with Gasteiger partial charge in [-0.3, -0.25) is 0 Å². The SMILES string of the molecule is C=CCc1ccccc1OCC(O)CN1CCc2ccccc21. The molecule has 23 heavy (non-hydrogen) atoms. The summed E-state index contributed by atoms with van der Waals surface area (Å²) in [5.74, 6) is 0.827. The van der Waals surface area contributed by atoms with Gasteiger partial charge in [0.1, 0.15) is 18.5 Å². The van der Waals surface area contributed by atoms with E-state index < -0.39 is 6.10 Å². The first kappa shape index (κ1) is 15.6. The number of anilines is 1. The van der Waals surface area contributed by atoms with Crippen molar-refractivity contribution in [1.29, 1.82) is 0 Å². The number of allylic oxidation sites excluding steroid dienone is 1.